The topological polar surface area (TPSA) is 52.7 Å². The number of amides is 2. The molecule has 0 spiro atoms. The Morgan fingerprint density at radius 2 is 1.73 bits per heavy atom. The Morgan fingerprint density at radius 1 is 1.00 bits per heavy atom. The van der Waals surface area contributed by atoms with Crippen LogP contribution in [0.2, 0.25) is 0 Å². The highest BCUT2D eigenvalue weighted by Crippen LogP contribution is 2.42. The van der Waals surface area contributed by atoms with Crippen LogP contribution in [0.3, 0.4) is 0 Å². The van der Waals surface area contributed by atoms with E-state index in [1.165, 1.54) is 29.7 Å². The van der Waals surface area contributed by atoms with Crippen molar-refractivity contribution in [2.75, 3.05) is 25.0 Å². The van der Waals surface area contributed by atoms with Crippen molar-refractivity contribution < 1.29 is 9.59 Å². The van der Waals surface area contributed by atoms with Crippen LogP contribution in [0.1, 0.15) is 59.2 Å². The van der Waals surface area contributed by atoms with Gasteiger partial charge in [-0.3, -0.25) is 9.59 Å². The normalized spacial score (nSPS) is 19.8. The molecule has 1 saturated carbocycles. The van der Waals surface area contributed by atoms with E-state index in [2.05, 4.69) is 65.5 Å². The summed E-state index contributed by atoms with van der Waals surface area (Å²) in [6, 6.07) is 26.5. The largest absolute Gasteiger partial charge is 0.375 e. The average molecular weight is 554 g/mol. The van der Waals surface area contributed by atoms with E-state index in [1.54, 1.807) is 11.8 Å². The smallest absolute Gasteiger partial charge is 0.260 e. The second-order valence-electron chi connectivity index (χ2n) is 10.9. The maximum Gasteiger partial charge on any atom is 0.260 e. The molecule has 208 valence electrons. The Balaban J connectivity index is 1.20. The lowest BCUT2D eigenvalue weighted by Crippen LogP contribution is -2.50. The van der Waals surface area contributed by atoms with Crippen molar-refractivity contribution in [3.05, 3.63) is 106 Å². The van der Waals surface area contributed by atoms with E-state index in [1.807, 2.05) is 48.5 Å². The maximum atomic E-state index is 13.7. The molecule has 2 atom stereocenters. The number of fused-ring (bicyclic) bond motifs is 1. The third kappa shape index (κ3) is 6.79. The molecular formula is C34H39N3O2S. The SMILES string of the molecule is Cc1ccccc1CN1C(=O)/C(=C\c2ccc(C(=O)NCCCN(C)c3ccccc3)cc2)SC2CCCCC21. The van der Waals surface area contributed by atoms with Crippen molar-refractivity contribution in [1.82, 2.24) is 10.2 Å². The number of nitrogens with zero attached hydrogens (tertiary/aromatic N) is 2. The Morgan fingerprint density at radius 3 is 2.50 bits per heavy atom. The van der Waals surface area contributed by atoms with Gasteiger partial charge in [-0.25, -0.2) is 0 Å². The first-order chi connectivity index (χ1) is 19.5. The van der Waals surface area contributed by atoms with Crippen LogP contribution in [0.4, 0.5) is 5.69 Å². The van der Waals surface area contributed by atoms with E-state index in [0.717, 1.165) is 36.3 Å². The first-order valence-corrected chi connectivity index (χ1v) is 15.3. The molecule has 3 aromatic rings. The van der Waals surface area contributed by atoms with Crippen molar-refractivity contribution in [2.24, 2.45) is 0 Å². The van der Waals surface area contributed by atoms with Crippen LogP contribution in [0.5, 0.6) is 0 Å². The summed E-state index contributed by atoms with van der Waals surface area (Å²) in [6.07, 6.45) is 7.50. The van der Waals surface area contributed by atoms with Gasteiger partial charge in [-0.05, 0) is 73.2 Å². The van der Waals surface area contributed by atoms with Crippen LogP contribution in [0, 0.1) is 6.92 Å². The lowest BCUT2D eigenvalue weighted by molar-refractivity contribution is -0.130. The predicted molar refractivity (Wildman–Crippen MR) is 166 cm³/mol. The zero-order chi connectivity index (χ0) is 27.9. The molecule has 5 rings (SSSR count). The van der Waals surface area contributed by atoms with Crippen LogP contribution in [0.25, 0.3) is 6.08 Å². The number of hydrogen-bond acceptors (Lipinski definition) is 4. The fourth-order valence-electron chi connectivity index (χ4n) is 5.65. The fourth-order valence-corrected chi connectivity index (χ4v) is 7.12. The summed E-state index contributed by atoms with van der Waals surface area (Å²) in [7, 11) is 2.07. The molecule has 1 aliphatic carbocycles. The van der Waals surface area contributed by atoms with E-state index in [9.17, 15) is 9.59 Å². The highest BCUT2D eigenvalue weighted by atomic mass is 32.2. The van der Waals surface area contributed by atoms with Gasteiger partial charge in [0.15, 0.2) is 0 Å². The first kappa shape index (κ1) is 28.0. The van der Waals surface area contributed by atoms with Gasteiger partial charge in [0.25, 0.3) is 11.8 Å². The van der Waals surface area contributed by atoms with Crippen LogP contribution in [-0.4, -0.2) is 48.1 Å². The summed E-state index contributed by atoms with van der Waals surface area (Å²) in [5.41, 5.74) is 5.19. The minimum atomic E-state index is -0.0702. The number of carbonyl (C=O) groups excluding carboxylic acids is 2. The number of anilines is 1. The van der Waals surface area contributed by atoms with Crippen molar-refractivity contribution >= 4 is 35.3 Å². The molecule has 0 aromatic heterocycles. The Bertz CT molecular complexity index is 1340. The minimum absolute atomic E-state index is 0.0702. The number of hydrogen-bond donors (Lipinski definition) is 1. The summed E-state index contributed by atoms with van der Waals surface area (Å²) in [5.74, 6) is 0.0535. The summed E-state index contributed by atoms with van der Waals surface area (Å²) in [6.45, 7) is 4.26. The van der Waals surface area contributed by atoms with Gasteiger partial charge >= 0.3 is 0 Å². The second-order valence-corrected chi connectivity index (χ2v) is 12.1. The molecule has 5 nitrogen and oxygen atoms in total. The van der Waals surface area contributed by atoms with Crippen LogP contribution in [0.15, 0.2) is 83.8 Å². The molecule has 2 amide bonds. The molecular weight excluding hydrogens is 514 g/mol. The zero-order valence-corrected chi connectivity index (χ0v) is 24.3. The lowest BCUT2D eigenvalue weighted by atomic mass is 9.92. The van der Waals surface area contributed by atoms with Crippen LogP contribution < -0.4 is 10.2 Å². The summed E-state index contributed by atoms with van der Waals surface area (Å²) in [4.78, 5) is 31.5. The molecule has 1 N–H and O–H groups in total. The second kappa shape index (κ2) is 13.2. The van der Waals surface area contributed by atoms with Crippen LogP contribution in [-0.2, 0) is 11.3 Å². The number of para-hydroxylation sites is 1. The summed E-state index contributed by atoms with van der Waals surface area (Å²) in [5, 5.41) is 3.47. The average Bonchev–Trinajstić information content (AvgIpc) is 2.99. The third-order valence-electron chi connectivity index (χ3n) is 8.04. The van der Waals surface area contributed by atoms with Crippen LogP contribution >= 0.6 is 11.8 Å². The molecule has 3 aromatic carbocycles. The number of nitrogens with one attached hydrogen (secondary N) is 1. The van der Waals surface area contributed by atoms with Gasteiger partial charge < -0.3 is 15.1 Å². The van der Waals surface area contributed by atoms with E-state index in [4.69, 9.17) is 0 Å². The third-order valence-corrected chi connectivity index (χ3v) is 9.44. The molecule has 0 bridgehead atoms. The standard InChI is InChI=1S/C34H39N3O2S/c1-25-11-6-7-12-28(25)24-37-30-15-8-9-16-31(30)40-32(34(37)39)23-26-17-19-27(20-18-26)33(38)35-21-10-22-36(2)29-13-4-3-5-14-29/h3-7,11-14,17-20,23,30-31H,8-10,15-16,21-22,24H2,1-2H3,(H,35,38)/b32-23+. The van der Waals surface area contributed by atoms with Crippen molar-refractivity contribution in [3.63, 3.8) is 0 Å². The van der Waals surface area contributed by atoms with Gasteiger partial charge in [-0.2, -0.15) is 0 Å². The highest BCUT2D eigenvalue weighted by Gasteiger charge is 2.40. The number of thioether (sulfide) groups is 1. The quantitative estimate of drug-likeness (QED) is 0.237. The first-order valence-electron chi connectivity index (χ1n) is 14.4. The molecule has 1 saturated heterocycles. The van der Waals surface area contributed by atoms with Crippen molar-refractivity contribution in [2.45, 2.75) is 56.9 Å². The molecule has 2 aliphatic rings. The highest BCUT2D eigenvalue weighted by molar-refractivity contribution is 8.04. The summed E-state index contributed by atoms with van der Waals surface area (Å²) < 4.78 is 0. The molecule has 2 unspecified atom stereocenters. The predicted octanol–water partition coefficient (Wildman–Crippen LogP) is 6.68. The Labute approximate surface area is 242 Å². The molecule has 40 heavy (non-hydrogen) atoms. The molecule has 1 heterocycles. The molecule has 2 fully saturated rings. The van der Waals surface area contributed by atoms with Gasteiger partial charge in [0.2, 0.25) is 0 Å². The maximum absolute atomic E-state index is 13.7. The minimum Gasteiger partial charge on any atom is -0.375 e. The Hall–Kier alpha value is -3.51. The van der Waals surface area contributed by atoms with Gasteiger partial charge in [0.1, 0.15) is 0 Å². The number of rotatable bonds is 9. The van der Waals surface area contributed by atoms with E-state index >= 15 is 0 Å². The lowest BCUT2D eigenvalue weighted by Gasteiger charge is -2.44. The summed E-state index contributed by atoms with van der Waals surface area (Å²) >= 11 is 1.75. The van der Waals surface area contributed by atoms with Gasteiger partial charge in [-0.1, -0.05) is 67.4 Å². The monoisotopic (exact) mass is 553 g/mol. The van der Waals surface area contributed by atoms with E-state index in [0.29, 0.717) is 29.9 Å². The molecule has 6 heteroatoms. The van der Waals surface area contributed by atoms with Gasteiger partial charge in [-0.15, -0.1) is 11.8 Å². The van der Waals surface area contributed by atoms with Crippen molar-refractivity contribution in [1.29, 1.82) is 0 Å². The van der Waals surface area contributed by atoms with E-state index in [-0.39, 0.29) is 11.8 Å². The van der Waals surface area contributed by atoms with Gasteiger partial charge in [0.05, 0.1) is 4.91 Å². The van der Waals surface area contributed by atoms with E-state index < -0.39 is 0 Å². The Kier molecular flexibility index (Phi) is 9.27. The van der Waals surface area contributed by atoms with Crippen molar-refractivity contribution in [3.8, 4) is 0 Å². The zero-order valence-electron chi connectivity index (χ0n) is 23.5. The van der Waals surface area contributed by atoms with Gasteiger partial charge in [0, 0.05) is 49.2 Å². The number of carbonyl (C=O) groups is 2. The molecule has 1 aliphatic heterocycles. The fraction of sp³-hybridized carbons (Fsp3) is 0.353. The number of aryl methyl sites for hydroxylation is 1. The molecule has 0 radical (unpaired) electrons. The number of benzene rings is 3.